The molecule has 4 heteroatoms. The van der Waals surface area contributed by atoms with Crippen LogP contribution in [0.5, 0.6) is 0 Å². The van der Waals surface area contributed by atoms with Crippen LogP contribution < -0.4 is 4.90 Å². The minimum Gasteiger partial charge on any atom is -0.472 e. The van der Waals surface area contributed by atoms with Crippen molar-refractivity contribution in [3.8, 4) is 0 Å². The summed E-state index contributed by atoms with van der Waals surface area (Å²) in [6.45, 7) is 5.35. The van der Waals surface area contributed by atoms with E-state index in [9.17, 15) is 9.90 Å². The van der Waals surface area contributed by atoms with Gasteiger partial charge in [-0.1, -0.05) is 36.4 Å². The van der Waals surface area contributed by atoms with E-state index in [1.54, 1.807) is 0 Å². The van der Waals surface area contributed by atoms with Gasteiger partial charge in [0.25, 0.3) is 0 Å². The lowest BCUT2D eigenvalue weighted by Gasteiger charge is -2.12. The molecule has 1 heterocycles. The third-order valence-electron chi connectivity index (χ3n) is 4.06. The third-order valence-corrected chi connectivity index (χ3v) is 4.06. The molecular formula is C18H19N2O2+. The normalized spacial score (nSPS) is 14.5. The number of benzene rings is 2. The first-order chi connectivity index (χ1) is 10.6. The Morgan fingerprint density at radius 2 is 1.68 bits per heavy atom. The van der Waals surface area contributed by atoms with Crippen molar-refractivity contribution in [1.29, 1.82) is 0 Å². The summed E-state index contributed by atoms with van der Waals surface area (Å²) < 4.78 is 1.89. The van der Waals surface area contributed by atoms with Crippen molar-refractivity contribution >= 4 is 23.2 Å². The number of amidine groups is 1. The molecule has 0 bridgehead atoms. The summed E-state index contributed by atoms with van der Waals surface area (Å²) >= 11 is 0. The van der Waals surface area contributed by atoms with Crippen LogP contribution in [0.1, 0.15) is 11.1 Å². The second-order valence-electron chi connectivity index (χ2n) is 5.51. The van der Waals surface area contributed by atoms with E-state index >= 15 is 0 Å². The number of carboxylic acid groups (broad SMARTS) is 1. The Labute approximate surface area is 129 Å². The van der Waals surface area contributed by atoms with Crippen molar-refractivity contribution in [2.75, 3.05) is 18.0 Å². The maximum atomic E-state index is 11.9. The lowest BCUT2D eigenvalue weighted by Crippen LogP contribution is -2.36. The number of rotatable bonds is 3. The molecule has 3 rings (SSSR count). The molecule has 1 aliphatic rings. The van der Waals surface area contributed by atoms with E-state index in [1.807, 2.05) is 71.9 Å². The SMILES string of the molecule is Cc1ccccc1N1CC[N+](c2ccccc2C)=C1C(=O)O. The van der Waals surface area contributed by atoms with Gasteiger partial charge in [-0.25, -0.2) is 14.3 Å². The zero-order valence-corrected chi connectivity index (χ0v) is 12.8. The molecule has 0 saturated heterocycles. The van der Waals surface area contributed by atoms with E-state index in [-0.39, 0.29) is 0 Å². The monoisotopic (exact) mass is 295 g/mol. The molecule has 1 N–H and O–H groups in total. The van der Waals surface area contributed by atoms with Crippen LogP contribution in [0, 0.1) is 13.8 Å². The largest absolute Gasteiger partial charge is 0.472 e. The van der Waals surface area contributed by atoms with Crippen LogP contribution in [0.2, 0.25) is 0 Å². The summed E-state index contributed by atoms with van der Waals surface area (Å²) in [6.07, 6.45) is 0. The van der Waals surface area contributed by atoms with Crippen molar-refractivity contribution in [2.24, 2.45) is 0 Å². The maximum Gasteiger partial charge on any atom is 0.419 e. The molecule has 1 aliphatic heterocycles. The first kappa shape index (κ1) is 14.3. The van der Waals surface area contributed by atoms with Gasteiger partial charge in [-0.3, -0.25) is 0 Å². The molecular weight excluding hydrogens is 276 g/mol. The van der Waals surface area contributed by atoms with Gasteiger partial charge >= 0.3 is 11.8 Å². The molecule has 0 atom stereocenters. The van der Waals surface area contributed by atoms with Gasteiger partial charge in [0.1, 0.15) is 24.5 Å². The van der Waals surface area contributed by atoms with E-state index < -0.39 is 5.97 Å². The van der Waals surface area contributed by atoms with Gasteiger partial charge in [0.2, 0.25) is 0 Å². The number of aliphatic carboxylic acids is 1. The number of carbonyl (C=O) groups is 1. The molecule has 0 saturated carbocycles. The summed E-state index contributed by atoms with van der Waals surface area (Å²) in [7, 11) is 0. The second-order valence-corrected chi connectivity index (χ2v) is 5.51. The topological polar surface area (TPSA) is 43.5 Å². The zero-order valence-electron chi connectivity index (χ0n) is 12.8. The van der Waals surface area contributed by atoms with Crippen molar-refractivity contribution in [2.45, 2.75) is 13.8 Å². The Morgan fingerprint density at radius 1 is 1.05 bits per heavy atom. The maximum absolute atomic E-state index is 11.9. The Kier molecular flexibility index (Phi) is 3.67. The molecule has 112 valence electrons. The van der Waals surface area contributed by atoms with Crippen LogP contribution in [0.4, 0.5) is 11.4 Å². The summed E-state index contributed by atoms with van der Waals surface area (Å²) in [5, 5.41) is 9.74. The highest BCUT2D eigenvalue weighted by molar-refractivity contribution is 6.38. The number of nitrogens with zero attached hydrogens (tertiary/aromatic N) is 2. The molecule has 0 spiro atoms. The third kappa shape index (κ3) is 2.37. The molecule has 4 nitrogen and oxygen atoms in total. The van der Waals surface area contributed by atoms with Crippen LogP contribution >= 0.6 is 0 Å². The van der Waals surface area contributed by atoms with Crippen molar-refractivity contribution in [3.05, 3.63) is 59.7 Å². The van der Waals surface area contributed by atoms with E-state index in [4.69, 9.17) is 0 Å². The molecule has 0 aromatic heterocycles. The predicted molar refractivity (Wildman–Crippen MR) is 87.1 cm³/mol. The Balaban J connectivity index is 2.15. The van der Waals surface area contributed by atoms with E-state index in [1.165, 1.54) is 0 Å². The first-order valence-corrected chi connectivity index (χ1v) is 7.36. The highest BCUT2D eigenvalue weighted by Gasteiger charge is 2.39. The van der Waals surface area contributed by atoms with Gasteiger partial charge in [0, 0.05) is 0 Å². The Bertz CT molecular complexity index is 765. The summed E-state index contributed by atoms with van der Waals surface area (Å²) in [4.78, 5) is 13.8. The van der Waals surface area contributed by atoms with Crippen LogP contribution in [0.3, 0.4) is 0 Å². The number of anilines is 1. The lowest BCUT2D eigenvalue weighted by atomic mass is 10.2. The molecule has 0 unspecified atom stereocenters. The number of hydrogen-bond acceptors (Lipinski definition) is 2. The van der Waals surface area contributed by atoms with Crippen molar-refractivity contribution in [1.82, 2.24) is 0 Å². The molecule has 2 aromatic rings. The fourth-order valence-electron chi connectivity index (χ4n) is 2.99. The quantitative estimate of drug-likeness (QED) is 0.885. The van der Waals surface area contributed by atoms with Gasteiger partial charge in [-0.2, -0.15) is 0 Å². The van der Waals surface area contributed by atoms with E-state index in [0.717, 1.165) is 22.5 Å². The molecule has 0 fully saturated rings. The second kappa shape index (κ2) is 5.64. The average molecular weight is 295 g/mol. The molecule has 22 heavy (non-hydrogen) atoms. The van der Waals surface area contributed by atoms with Crippen LogP contribution in [0.25, 0.3) is 0 Å². The number of carboxylic acids is 1. The number of para-hydroxylation sites is 2. The lowest BCUT2D eigenvalue weighted by molar-refractivity contribution is -0.428. The van der Waals surface area contributed by atoms with Gasteiger partial charge in [0.15, 0.2) is 0 Å². The number of hydrogen-bond donors (Lipinski definition) is 1. The summed E-state index contributed by atoms with van der Waals surface area (Å²) in [5.74, 6) is -0.576. The molecule has 0 aliphatic carbocycles. The molecule has 0 amide bonds. The standard InChI is InChI=1S/C18H18N2O2/c1-13-7-3-5-9-15(13)19-11-12-20(17(19)18(21)22)16-10-6-4-8-14(16)2/h3-10H,11-12H2,1-2H3/p+1. The summed E-state index contributed by atoms with van der Waals surface area (Å²) in [5.41, 5.74) is 4.06. The zero-order chi connectivity index (χ0) is 15.7. The molecule has 2 aromatic carbocycles. The van der Waals surface area contributed by atoms with Crippen LogP contribution in [-0.4, -0.2) is 34.6 Å². The minimum atomic E-state index is -0.899. The smallest absolute Gasteiger partial charge is 0.419 e. The van der Waals surface area contributed by atoms with Crippen molar-refractivity contribution < 1.29 is 14.5 Å². The fraction of sp³-hybridized carbons (Fsp3) is 0.222. The van der Waals surface area contributed by atoms with E-state index in [0.29, 0.717) is 18.9 Å². The van der Waals surface area contributed by atoms with Gasteiger partial charge in [-0.05, 0) is 37.1 Å². The highest BCUT2D eigenvalue weighted by atomic mass is 16.4. The summed E-state index contributed by atoms with van der Waals surface area (Å²) in [6, 6.07) is 15.8. The van der Waals surface area contributed by atoms with Crippen LogP contribution in [-0.2, 0) is 4.79 Å². The highest BCUT2D eigenvalue weighted by Crippen LogP contribution is 2.26. The number of aryl methyl sites for hydroxylation is 2. The van der Waals surface area contributed by atoms with Crippen molar-refractivity contribution in [3.63, 3.8) is 0 Å². The molecule has 0 radical (unpaired) electrons. The fourth-order valence-corrected chi connectivity index (χ4v) is 2.99. The van der Waals surface area contributed by atoms with Crippen LogP contribution in [0.15, 0.2) is 48.5 Å². The average Bonchev–Trinajstić information content (AvgIpc) is 2.93. The Hall–Kier alpha value is -2.62. The first-order valence-electron chi connectivity index (χ1n) is 7.36. The van der Waals surface area contributed by atoms with Gasteiger partial charge in [0.05, 0.1) is 0 Å². The minimum absolute atomic E-state index is 0.323. The van der Waals surface area contributed by atoms with Gasteiger partial charge in [-0.15, -0.1) is 0 Å². The van der Waals surface area contributed by atoms with E-state index in [2.05, 4.69) is 0 Å². The Morgan fingerprint density at radius 3 is 2.32 bits per heavy atom. The van der Waals surface area contributed by atoms with Gasteiger partial charge < -0.3 is 5.11 Å². The predicted octanol–water partition coefficient (Wildman–Crippen LogP) is 2.95.